The molecule has 1 saturated heterocycles. The van der Waals surface area contributed by atoms with Crippen LogP contribution in [0.25, 0.3) is 6.08 Å². The third kappa shape index (κ3) is 5.79. The lowest BCUT2D eigenvalue weighted by atomic mass is 10.2. The lowest BCUT2D eigenvalue weighted by molar-refractivity contribution is -0.125. The van der Waals surface area contributed by atoms with Gasteiger partial charge in [0.05, 0.1) is 10.5 Å². The number of para-hydroxylation sites is 1. The summed E-state index contributed by atoms with van der Waals surface area (Å²) in [6.45, 7) is -0.221. The van der Waals surface area contributed by atoms with Gasteiger partial charge in [0.1, 0.15) is 11.8 Å². The zero-order valence-electron chi connectivity index (χ0n) is 15.9. The predicted molar refractivity (Wildman–Crippen MR) is 119 cm³/mol. The number of nitrogens with one attached hydrogen (secondary N) is 1. The van der Waals surface area contributed by atoms with E-state index in [1.54, 1.807) is 42.5 Å². The highest BCUT2D eigenvalue weighted by Crippen LogP contribution is 2.33. The molecule has 1 heterocycles. The maximum atomic E-state index is 12.5. The monoisotopic (exact) mass is 475 g/mol. The number of amides is 3. The summed E-state index contributed by atoms with van der Waals surface area (Å²) in [5, 5.41) is 12.0. The fraction of sp³-hybridized carbons (Fsp3) is 0.143. The van der Waals surface area contributed by atoms with Crippen molar-refractivity contribution in [3.05, 3.63) is 68.5 Å². The maximum absolute atomic E-state index is 12.5. The van der Waals surface area contributed by atoms with Crippen molar-refractivity contribution in [2.75, 3.05) is 19.7 Å². The molecule has 1 aliphatic rings. The number of thioether (sulfide) groups is 1. The topological polar surface area (TPSA) is 99.5 Å². The molecule has 1 fully saturated rings. The summed E-state index contributed by atoms with van der Waals surface area (Å²) >= 11 is 12.8. The average Bonchev–Trinajstić information content (AvgIpc) is 3.01. The minimum Gasteiger partial charge on any atom is -0.482 e. The minimum atomic E-state index is -0.463. The molecule has 2 aromatic carbocycles. The van der Waals surface area contributed by atoms with Crippen LogP contribution in [0.4, 0.5) is 4.79 Å². The first-order valence-corrected chi connectivity index (χ1v) is 10.6. The fourth-order valence-electron chi connectivity index (χ4n) is 2.64. The molecule has 1 aliphatic heterocycles. The van der Waals surface area contributed by atoms with Crippen LogP contribution < -0.4 is 10.1 Å². The molecule has 2 aromatic rings. The van der Waals surface area contributed by atoms with Crippen molar-refractivity contribution < 1.29 is 19.1 Å². The molecule has 7 nitrogen and oxygen atoms in total. The van der Waals surface area contributed by atoms with Crippen LogP contribution in [0, 0.1) is 11.3 Å². The smallest absolute Gasteiger partial charge is 0.293 e. The molecular weight excluding hydrogens is 461 g/mol. The average molecular weight is 476 g/mol. The molecule has 0 aliphatic carbocycles. The largest absolute Gasteiger partial charge is 0.482 e. The molecule has 0 unspecified atom stereocenters. The van der Waals surface area contributed by atoms with Gasteiger partial charge in [0.25, 0.3) is 17.1 Å². The van der Waals surface area contributed by atoms with Crippen LogP contribution in [-0.2, 0) is 9.59 Å². The molecule has 31 heavy (non-hydrogen) atoms. The SMILES string of the molecule is N#Cc1ccccc1OCC(=O)NCCN1C(=O)S/C(=C\c2ccc(Cl)cc2Cl)C1=O. The summed E-state index contributed by atoms with van der Waals surface area (Å²) < 4.78 is 5.34. The Hall–Kier alpha value is -2.99. The van der Waals surface area contributed by atoms with E-state index >= 15 is 0 Å². The van der Waals surface area contributed by atoms with Gasteiger partial charge in [0.2, 0.25) is 0 Å². The van der Waals surface area contributed by atoms with E-state index in [-0.39, 0.29) is 24.6 Å². The van der Waals surface area contributed by atoms with Crippen molar-refractivity contribution in [2.24, 2.45) is 0 Å². The van der Waals surface area contributed by atoms with Crippen molar-refractivity contribution in [3.8, 4) is 11.8 Å². The Morgan fingerprint density at radius 1 is 1.23 bits per heavy atom. The first-order chi connectivity index (χ1) is 14.9. The Kier molecular flexibility index (Phi) is 7.58. The van der Waals surface area contributed by atoms with Gasteiger partial charge in [0.15, 0.2) is 6.61 Å². The second-order valence-electron chi connectivity index (χ2n) is 6.25. The molecule has 0 aromatic heterocycles. The summed E-state index contributed by atoms with van der Waals surface area (Å²) in [6.07, 6.45) is 1.53. The van der Waals surface area contributed by atoms with E-state index in [1.807, 2.05) is 6.07 Å². The zero-order chi connectivity index (χ0) is 22.4. The van der Waals surface area contributed by atoms with E-state index in [2.05, 4.69) is 5.32 Å². The molecule has 0 spiro atoms. The number of carbonyl (C=O) groups is 3. The molecule has 0 radical (unpaired) electrons. The van der Waals surface area contributed by atoms with Crippen molar-refractivity contribution >= 4 is 58.1 Å². The van der Waals surface area contributed by atoms with Crippen LogP contribution in [0.3, 0.4) is 0 Å². The summed E-state index contributed by atoms with van der Waals surface area (Å²) in [4.78, 5) is 38.0. The lowest BCUT2D eigenvalue weighted by Crippen LogP contribution is -2.38. The van der Waals surface area contributed by atoms with Crippen LogP contribution >= 0.6 is 35.0 Å². The first kappa shape index (κ1) is 22.7. The van der Waals surface area contributed by atoms with Gasteiger partial charge in [-0.1, -0.05) is 41.4 Å². The number of imide groups is 1. The number of nitrogens with zero attached hydrogens (tertiary/aromatic N) is 2. The van der Waals surface area contributed by atoms with Crippen molar-refractivity contribution in [3.63, 3.8) is 0 Å². The second-order valence-corrected chi connectivity index (χ2v) is 8.08. The predicted octanol–water partition coefficient (Wildman–Crippen LogP) is 4.10. The summed E-state index contributed by atoms with van der Waals surface area (Å²) in [5.41, 5.74) is 0.889. The van der Waals surface area contributed by atoms with Crippen LogP contribution in [-0.4, -0.2) is 41.6 Å². The van der Waals surface area contributed by atoms with Gasteiger partial charge in [-0.3, -0.25) is 19.3 Å². The Morgan fingerprint density at radius 2 is 2.00 bits per heavy atom. The molecule has 0 atom stereocenters. The molecule has 0 bridgehead atoms. The van der Waals surface area contributed by atoms with Gasteiger partial charge < -0.3 is 10.1 Å². The van der Waals surface area contributed by atoms with Crippen molar-refractivity contribution in [1.82, 2.24) is 10.2 Å². The van der Waals surface area contributed by atoms with Crippen molar-refractivity contribution in [2.45, 2.75) is 0 Å². The van der Waals surface area contributed by atoms with E-state index in [9.17, 15) is 14.4 Å². The van der Waals surface area contributed by atoms with Gasteiger partial charge in [-0.15, -0.1) is 0 Å². The maximum Gasteiger partial charge on any atom is 0.293 e. The Morgan fingerprint density at radius 3 is 2.74 bits per heavy atom. The minimum absolute atomic E-state index is 0.0108. The highest BCUT2D eigenvalue weighted by Gasteiger charge is 2.34. The van der Waals surface area contributed by atoms with Crippen LogP contribution in [0.15, 0.2) is 47.4 Å². The fourth-order valence-corrected chi connectivity index (χ4v) is 3.96. The Labute approximate surface area is 192 Å². The summed E-state index contributed by atoms with van der Waals surface area (Å²) in [5.74, 6) is -0.602. The third-order valence-electron chi connectivity index (χ3n) is 4.15. The first-order valence-electron chi connectivity index (χ1n) is 8.98. The van der Waals surface area contributed by atoms with E-state index < -0.39 is 17.1 Å². The molecule has 1 N–H and O–H groups in total. The van der Waals surface area contributed by atoms with Gasteiger partial charge >= 0.3 is 0 Å². The third-order valence-corrected chi connectivity index (χ3v) is 5.62. The number of carbonyl (C=O) groups excluding carboxylic acids is 3. The Balaban J connectivity index is 1.52. The number of nitriles is 1. The van der Waals surface area contributed by atoms with Crippen LogP contribution in [0.1, 0.15) is 11.1 Å². The highest BCUT2D eigenvalue weighted by molar-refractivity contribution is 8.18. The molecule has 158 valence electrons. The molecule has 3 amide bonds. The molecule has 10 heteroatoms. The Bertz CT molecular complexity index is 1110. The number of ether oxygens (including phenoxy) is 1. The lowest BCUT2D eigenvalue weighted by Gasteiger charge is -2.13. The molecular formula is C21H15Cl2N3O4S. The number of halogens is 2. The number of benzene rings is 2. The van der Waals surface area contributed by atoms with Crippen LogP contribution in [0.2, 0.25) is 10.0 Å². The highest BCUT2D eigenvalue weighted by atomic mass is 35.5. The van der Waals surface area contributed by atoms with Gasteiger partial charge in [-0.2, -0.15) is 5.26 Å². The van der Waals surface area contributed by atoms with Gasteiger partial charge in [0, 0.05) is 23.1 Å². The number of hydrogen-bond acceptors (Lipinski definition) is 6. The number of hydrogen-bond donors (Lipinski definition) is 1. The molecule has 3 rings (SSSR count). The summed E-state index contributed by atoms with van der Waals surface area (Å²) in [6, 6.07) is 13.4. The van der Waals surface area contributed by atoms with Gasteiger partial charge in [-0.05, 0) is 47.7 Å². The van der Waals surface area contributed by atoms with E-state index in [0.717, 1.165) is 16.7 Å². The van der Waals surface area contributed by atoms with Gasteiger partial charge in [-0.25, -0.2) is 0 Å². The van der Waals surface area contributed by atoms with E-state index in [0.29, 0.717) is 26.9 Å². The summed E-state index contributed by atoms with van der Waals surface area (Å²) in [7, 11) is 0. The molecule has 0 saturated carbocycles. The van der Waals surface area contributed by atoms with E-state index in [4.69, 9.17) is 33.2 Å². The van der Waals surface area contributed by atoms with Crippen LogP contribution in [0.5, 0.6) is 5.75 Å². The quantitative estimate of drug-likeness (QED) is 0.605. The van der Waals surface area contributed by atoms with E-state index in [1.165, 1.54) is 6.08 Å². The second kappa shape index (κ2) is 10.4. The zero-order valence-corrected chi connectivity index (χ0v) is 18.3. The van der Waals surface area contributed by atoms with Crippen molar-refractivity contribution in [1.29, 1.82) is 5.26 Å². The number of rotatable bonds is 7. The normalized spacial score (nSPS) is 14.6. The standard InChI is InChI=1S/C21H15Cl2N3O4S/c22-15-6-5-13(16(23)10-15)9-18-20(28)26(21(29)31-18)8-7-25-19(27)12-30-17-4-2-1-3-14(17)11-24/h1-6,9-10H,7-8,12H2,(H,25,27)/b18-9-.